The summed E-state index contributed by atoms with van der Waals surface area (Å²) in [6.07, 6.45) is 0.736. The van der Waals surface area contributed by atoms with Crippen LogP contribution in [0.5, 0.6) is 5.75 Å². The van der Waals surface area contributed by atoms with Crippen LogP contribution in [0, 0.1) is 0 Å². The van der Waals surface area contributed by atoms with Crippen molar-refractivity contribution in [2.24, 2.45) is 0 Å². The van der Waals surface area contributed by atoms with E-state index in [1.165, 1.54) is 6.39 Å². The second kappa shape index (κ2) is 5.34. The van der Waals surface area contributed by atoms with Gasteiger partial charge < -0.3 is 9.15 Å². The molecule has 3 aromatic rings. The summed E-state index contributed by atoms with van der Waals surface area (Å²) in [5.74, 6) is 0.468. The molecule has 0 spiro atoms. The van der Waals surface area contributed by atoms with Crippen LogP contribution in [0.2, 0.25) is 0 Å². The highest BCUT2D eigenvalue weighted by molar-refractivity contribution is 9.10. The van der Waals surface area contributed by atoms with Crippen molar-refractivity contribution in [1.29, 1.82) is 0 Å². The van der Waals surface area contributed by atoms with Gasteiger partial charge in [-0.3, -0.25) is 5.32 Å². The Morgan fingerprint density at radius 2 is 2.00 bits per heavy atom. The lowest BCUT2D eigenvalue weighted by Gasteiger charge is -2.07. The third kappa shape index (κ3) is 2.50. The van der Waals surface area contributed by atoms with Crippen molar-refractivity contribution in [1.82, 2.24) is 4.98 Å². The smallest absolute Gasteiger partial charge is 0.417 e. The maximum absolute atomic E-state index is 11.8. The Labute approximate surface area is 122 Å². The lowest BCUT2D eigenvalue weighted by atomic mass is 10.3. The third-order valence-corrected chi connectivity index (χ3v) is 3.26. The zero-order chi connectivity index (χ0) is 13.9. The molecule has 1 amide bonds. The molecule has 0 aliphatic rings. The molecule has 1 aromatic heterocycles. The second-order valence-corrected chi connectivity index (χ2v) is 4.81. The maximum Gasteiger partial charge on any atom is 0.417 e. The van der Waals surface area contributed by atoms with Crippen LogP contribution < -0.4 is 10.1 Å². The SMILES string of the molecule is O=C(Nc1ccc(Br)c2ncoc12)Oc1ccccc1. The van der Waals surface area contributed by atoms with Crippen molar-refractivity contribution in [3.05, 3.63) is 53.3 Å². The van der Waals surface area contributed by atoms with Crippen molar-refractivity contribution >= 4 is 38.8 Å². The first-order valence-electron chi connectivity index (χ1n) is 5.79. The number of fused-ring (bicyclic) bond motifs is 1. The van der Waals surface area contributed by atoms with Crippen LogP contribution in [0.4, 0.5) is 10.5 Å². The molecule has 3 rings (SSSR count). The molecular formula is C14H9BrN2O3. The molecule has 0 radical (unpaired) electrons. The first-order chi connectivity index (χ1) is 9.74. The molecule has 0 aliphatic carbocycles. The predicted octanol–water partition coefficient (Wildman–Crippen LogP) is 4.20. The van der Waals surface area contributed by atoms with Gasteiger partial charge in [-0.15, -0.1) is 0 Å². The highest BCUT2D eigenvalue weighted by Gasteiger charge is 2.12. The van der Waals surface area contributed by atoms with E-state index in [1.54, 1.807) is 36.4 Å². The van der Waals surface area contributed by atoms with Crippen LogP contribution in [0.1, 0.15) is 0 Å². The first-order valence-corrected chi connectivity index (χ1v) is 6.59. The highest BCUT2D eigenvalue weighted by atomic mass is 79.9. The van der Waals surface area contributed by atoms with Gasteiger partial charge in [-0.1, -0.05) is 18.2 Å². The van der Waals surface area contributed by atoms with Gasteiger partial charge in [-0.05, 0) is 40.2 Å². The van der Waals surface area contributed by atoms with Crippen molar-refractivity contribution in [3.8, 4) is 5.75 Å². The molecule has 0 saturated carbocycles. The number of halogens is 1. The van der Waals surface area contributed by atoms with Crippen molar-refractivity contribution in [3.63, 3.8) is 0 Å². The van der Waals surface area contributed by atoms with Gasteiger partial charge in [0.25, 0.3) is 0 Å². The highest BCUT2D eigenvalue weighted by Crippen LogP contribution is 2.29. The van der Waals surface area contributed by atoms with Crippen molar-refractivity contribution < 1.29 is 13.9 Å². The van der Waals surface area contributed by atoms with Crippen LogP contribution in [0.15, 0.2) is 57.7 Å². The molecule has 6 heteroatoms. The summed E-state index contributed by atoms with van der Waals surface area (Å²) in [4.78, 5) is 15.9. The lowest BCUT2D eigenvalue weighted by molar-refractivity contribution is 0.215. The fourth-order valence-corrected chi connectivity index (χ4v) is 2.16. The summed E-state index contributed by atoms with van der Waals surface area (Å²) < 4.78 is 11.2. The van der Waals surface area contributed by atoms with Gasteiger partial charge in [0.1, 0.15) is 11.3 Å². The van der Waals surface area contributed by atoms with Crippen LogP contribution in [-0.4, -0.2) is 11.1 Å². The minimum Gasteiger partial charge on any atom is -0.441 e. The number of oxazole rings is 1. The van der Waals surface area contributed by atoms with Crippen LogP contribution in [0.25, 0.3) is 11.1 Å². The van der Waals surface area contributed by atoms with Gasteiger partial charge in [-0.25, -0.2) is 9.78 Å². The molecule has 2 aromatic carbocycles. The molecule has 0 bridgehead atoms. The molecule has 0 saturated heterocycles. The van der Waals surface area contributed by atoms with E-state index in [4.69, 9.17) is 9.15 Å². The van der Waals surface area contributed by atoms with Gasteiger partial charge in [0, 0.05) is 4.47 Å². The van der Waals surface area contributed by atoms with E-state index in [2.05, 4.69) is 26.2 Å². The molecule has 0 unspecified atom stereocenters. The van der Waals surface area contributed by atoms with Gasteiger partial charge >= 0.3 is 6.09 Å². The quantitative estimate of drug-likeness (QED) is 0.763. The molecule has 1 heterocycles. The molecule has 20 heavy (non-hydrogen) atoms. The zero-order valence-electron chi connectivity index (χ0n) is 10.2. The van der Waals surface area contributed by atoms with E-state index in [0.29, 0.717) is 22.5 Å². The Bertz CT molecular complexity index is 755. The Balaban J connectivity index is 1.81. The van der Waals surface area contributed by atoms with E-state index in [-0.39, 0.29) is 0 Å². The number of para-hydroxylation sites is 1. The fourth-order valence-electron chi connectivity index (χ4n) is 1.75. The number of carbonyl (C=O) groups is 1. The van der Waals surface area contributed by atoms with Crippen LogP contribution >= 0.6 is 15.9 Å². The van der Waals surface area contributed by atoms with Gasteiger partial charge in [0.2, 0.25) is 0 Å². The average Bonchev–Trinajstić information content (AvgIpc) is 2.93. The number of ether oxygens (including phenoxy) is 1. The summed E-state index contributed by atoms with van der Waals surface area (Å²) in [6, 6.07) is 12.3. The minimum atomic E-state index is -0.587. The normalized spacial score (nSPS) is 10.4. The molecule has 0 aliphatic heterocycles. The number of amides is 1. The lowest BCUT2D eigenvalue weighted by Crippen LogP contribution is -2.16. The van der Waals surface area contributed by atoms with Gasteiger partial charge in [0.05, 0.1) is 5.69 Å². The summed E-state index contributed by atoms with van der Waals surface area (Å²) in [6.45, 7) is 0. The van der Waals surface area contributed by atoms with Crippen molar-refractivity contribution in [2.75, 3.05) is 5.32 Å². The number of nitrogens with one attached hydrogen (secondary N) is 1. The Morgan fingerprint density at radius 3 is 2.80 bits per heavy atom. The summed E-state index contributed by atoms with van der Waals surface area (Å²) >= 11 is 3.36. The van der Waals surface area contributed by atoms with E-state index >= 15 is 0 Å². The summed E-state index contributed by atoms with van der Waals surface area (Å²) in [5, 5.41) is 2.63. The molecular weight excluding hydrogens is 324 g/mol. The van der Waals surface area contributed by atoms with E-state index in [9.17, 15) is 4.79 Å². The number of hydrogen-bond acceptors (Lipinski definition) is 4. The van der Waals surface area contributed by atoms with E-state index < -0.39 is 6.09 Å². The Kier molecular flexibility index (Phi) is 3.39. The number of hydrogen-bond donors (Lipinski definition) is 1. The monoisotopic (exact) mass is 332 g/mol. The molecule has 5 nitrogen and oxygen atoms in total. The summed E-state index contributed by atoms with van der Waals surface area (Å²) in [7, 11) is 0. The Morgan fingerprint density at radius 1 is 1.20 bits per heavy atom. The minimum absolute atomic E-state index is 0.468. The molecule has 0 atom stereocenters. The first kappa shape index (κ1) is 12.7. The van der Waals surface area contributed by atoms with E-state index in [0.717, 1.165) is 4.47 Å². The average molecular weight is 333 g/mol. The number of anilines is 1. The number of aromatic nitrogens is 1. The second-order valence-electron chi connectivity index (χ2n) is 3.95. The number of nitrogens with zero attached hydrogens (tertiary/aromatic N) is 1. The topological polar surface area (TPSA) is 64.4 Å². The van der Waals surface area contributed by atoms with Crippen LogP contribution in [-0.2, 0) is 0 Å². The number of benzene rings is 2. The zero-order valence-corrected chi connectivity index (χ0v) is 11.8. The van der Waals surface area contributed by atoms with Crippen molar-refractivity contribution in [2.45, 2.75) is 0 Å². The number of carbonyl (C=O) groups excluding carboxylic acids is 1. The largest absolute Gasteiger partial charge is 0.441 e. The van der Waals surface area contributed by atoms with Gasteiger partial charge in [0.15, 0.2) is 12.0 Å². The van der Waals surface area contributed by atoms with E-state index in [1.807, 2.05) is 6.07 Å². The maximum atomic E-state index is 11.8. The predicted molar refractivity (Wildman–Crippen MR) is 77.8 cm³/mol. The Hall–Kier alpha value is -2.34. The summed E-state index contributed by atoms with van der Waals surface area (Å²) in [5.41, 5.74) is 1.63. The molecule has 1 N–H and O–H groups in total. The molecule has 0 fully saturated rings. The van der Waals surface area contributed by atoms with Gasteiger partial charge in [-0.2, -0.15) is 0 Å². The van der Waals surface area contributed by atoms with Crippen LogP contribution in [0.3, 0.4) is 0 Å². The molecule has 100 valence electrons. The fraction of sp³-hybridized carbons (Fsp3) is 0. The number of rotatable bonds is 2. The standard InChI is InChI=1S/C14H9BrN2O3/c15-10-6-7-11(13-12(10)16-8-19-13)17-14(18)20-9-4-2-1-3-5-9/h1-8H,(H,17,18). The third-order valence-electron chi connectivity index (χ3n) is 2.63.